The van der Waals surface area contributed by atoms with Crippen LogP contribution in [-0.4, -0.2) is 17.1 Å². The number of hydrogen-bond acceptors (Lipinski definition) is 3. The normalized spacial score (nSPS) is 14.7. The number of benzene rings is 2. The molecule has 0 fully saturated rings. The van der Waals surface area contributed by atoms with Crippen molar-refractivity contribution in [1.82, 2.24) is 0 Å². The Morgan fingerprint density at radius 1 is 0.962 bits per heavy atom. The van der Waals surface area contributed by atoms with Gasteiger partial charge in [-0.05, 0) is 41.8 Å². The number of hydrogen-bond donors (Lipinski definition) is 0. The number of halogens is 1. The van der Waals surface area contributed by atoms with E-state index in [1.54, 1.807) is 24.3 Å². The number of amides is 2. The SMILES string of the molecule is CCc1ccc(N2C(=O)C(SC(C)C)=C(c3ccc(Cl)cc3)C2=O)cc1. The molecule has 0 aromatic heterocycles. The van der Waals surface area contributed by atoms with Gasteiger partial charge < -0.3 is 0 Å². The van der Waals surface area contributed by atoms with E-state index in [2.05, 4.69) is 6.92 Å². The van der Waals surface area contributed by atoms with Gasteiger partial charge in [-0.15, -0.1) is 11.8 Å². The summed E-state index contributed by atoms with van der Waals surface area (Å²) in [7, 11) is 0. The fraction of sp³-hybridized carbons (Fsp3) is 0.238. The summed E-state index contributed by atoms with van der Waals surface area (Å²) < 4.78 is 0. The summed E-state index contributed by atoms with van der Waals surface area (Å²) in [6.07, 6.45) is 0.908. The topological polar surface area (TPSA) is 37.4 Å². The lowest BCUT2D eigenvalue weighted by Crippen LogP contribution is -2.31. The lowest BCUT2D eigenvalue weighted by atomic mass is 10.1. The number of aryl methyl sites for hydroxylation is 1. The number of imide groups is 1. The Morgan fingerprint density at radius 2 is 1.58 bits per heavy atom. The van der Waals surface area contributed by atoms with Gasteiger partial charge in [0.15, 0.2) is 0 Å². The van der Waals surface area contributed by atoms with Crippen LogP contribution in [0.3, 0.4) is 0 Å². The quantitative estimate of drug-likeness (QED) is 0.653. The van der Waals surface area contributed by atoms with Gasteiger partial charge in [0.2, 0.25) is 0 Å². The zero-order valence-corrected chi connectivity index (χ0v) is 16.5. The Bertz CT molecular complexity index is 870. The smallest absolute Gasteiger partial charge is 0.268 e. The first-order valence-corrected chi connectivity index (χ1v) is 9.82. The Balaban J connectivity index is 2.06. The van der Waals surface area contributed by atoms with Crippen molar-refractivity contribution >= 4 is 46.4 Å². The second kappa shape index (κ2) is 7.68. The molecule has 1 aliphatic rings. The maximum Gasteiger partial charge on any atom is 0.272 e. The minimum absolute atomic E-state index is 0.187. The maximum atomic E-state index is 13.1. The molecule has 0 spiro atoms. The first kappa shape index (κ1) is 18.7. The van der Waals surface area contributed by atoms with Crippen LogP contribution in [0.15, 0.2) is 53.4 Å². The summed E-state index contributed by atoms with van der Waals surface area (Å²) in [4.78, 5) is 28.0. The van der Waals surface area contributed by atoms with Crippen molar-refractivity contribution in [2.75, 3.05) is 4.90 Å². The Morgan fingerprint density at radius 3 is 2.12 bits per heavy atom. The number of thioether (sulfide) groups is 1. The summed E-state index contributed by atoms with van der Waals surface area (Å²) in [5, 5.41) is 0.780. The highest BCUT2D eigenvalue weighted by molar-refractivity contribution is 8.04. The molecule has 2 aromatic rings. The van der Waals surface area contributed by atoms with Crippen LogP contribution in [0.4, 0.5) is 5.69 Å². The van der Waals surface area contributed by atoms with Crippen LogP contribution in [0, 0.1) is 0 Å². The number of carbonyl (C=O) groups is 2. The molecular formula is C21H20ClNO2S. The fourth-order valence-electron chi connectivity index (χ4n) is 2.84. The zero-order chi connectivity index (χ0) is 18.8. The summed E-state index contributed by atoms with van der Waals surface area (Å²) in [5.74, 6) is -0.549. The van der Waals surface area contributed by atoms with E-state index >= 15 is 0 Å². The Labute approximate surface area is 163 Å². The van der Waals surface area contributed by atoms with Gasteiger partial charge in [0, 0.05) is 10.3 Å². The van der Waals surface area contributed by atoms with E-state index in [1.165, 1.54) is 16.7 Å². The molecule has 0 unspecified atom stereocenters. The van der Waals surface area contributed by atoms with Gasteiger partial charge in [-0.2, -0.15) is 0 Å². The van der Waals surface area contributed by atoms with Crippen LogP contribution in [0.2, 0.25) is 5.02 Å². The first-order valence-electron chi connectivity index (χ1n) is 8.57. The minimum atomic E-state index is -0.287. The molecule has 0 saturated heterocycles. The molecule has 5 heteroatoms. The molecule has 26 heavy (non-hydrogen) atoms. The van der Waals surface area contributed by atoms with E-state index in [0.717, 1.165) is 12.0 Å². The molecule has 1 heterocycles. The highest BCUT2D eigenvalue weighted by Crippen LogP contribution is 2.40. The van der Waals surface area contributed by atoms with E-state index in [0.29, 0.717) is 26.8 Å². The van der Waals surface area contributed by atoms with Crippen molar-refractivity contribution < 1.29 is 9.59 Å². The maximum absolute atomic E-state index is 13.1. The molecule has 3 rings (SSSR count). The van der Waals surface area contributed by atoms with Gasteiger partial charge in [-0.3, -0.25) is 9.59 Å². The first-order chi connectivity index (χ1) is 12.4. The lowest BCUT2D eigenvalue weighted by molar-refractivity contribution is -0.119. The van der Waals surface area contributed by atoms with E-state index < -0.39 is 0 Å². The second-order valence-corrected chi connectivity index (χ2v) is 8.37. The van der Waals surface area contributed by atoms with E-state index in [-0.39, 0.29) is 17.1 Å². The third kappa shape index (κ3) is 3.57. The van der Waals surface area contributed by atoms with E-state index in [9.17, 15) is 9.59 Å². The summed E-state index contributed by atoms with van der Waals surface area (Å²) in [5.41, 5.74) is 2.92. The molecule has 2 amide bonds. The molecule has 1 aliphatic heterocycles. The van der Waals surface area contributed by atoms with Crippen molar-refractivity contribution in [2.45, 2.75) is 32.4 Å². The van der Waals surface area contributed by atoms with E-state index in [1.807, 2.05) is 38.1 Å². The summed E-state index contributed by atoms with van der Waals surface area (Å²) in [6, 6.07) is 14.6. The van der Waals surface area contributed by atoms with Crippen LogP contribution >= 0.6 is 23.4 Å². The van der Waals surface area contributed by atoms with Gasteiger partial charge >= 0.3 is 0 Å². The molecule has 3 nitrogen and oxygen atoms in total. The Kier molecular flexibility index (Phi) is 5.54. The molecule has 0 N–H and O–H groups in total. The fourth-order valence-corrected chi connectivity index (χ4v) is 3.95. The number of carbonyl (C=O) groups excluding carboxylic acids is 2. The van der Waals surface area contributed by atoms with Gasteiger partial charge in [-0.25, -0.2) is 4.90 Å². The average molecular weight is 386 g/mol. The van der Waals surface area contributed by atoms with Gasteiger partial charge in [-0.1, -0.05) is 56.6 Å². The zero-order valence-electron chi connectivity index (χ0n) is 15.0. The number of anilines is 1. The van der Waals surface area contributed by atoms with Crippen LogP contribution in [0.5, 0.6) is 0 Å². The third-order valence-electron chi connectivity index (χ3n) is 4.13. The summed E-state index contributed by atoms with van der Waals surface area (Å²) >= 11 is 7.40. The van der Waals surface area contributed by atoms with Crippen LogP contribution in [0.25, 0.3) is 5.57 Å². The van der Waals surface area contributed by atoms with Crippen molar-refractivity contribution in [3.8, 4) is 0 Å². The average Bonchev–Trinajstić information content (AvgIpc) is 2.86. The van der Waals surface area contributed by atoms with Crippen molar-refractivity contribution in [3.05, 3.63) is 69.6 Å². The lowest BCUT2D eigenvalue weighted by Gasteiger charge is -2.16. The van der Waals surface area contributed by atoms with Crippen LogP contribution in [-0.2, 0) is 16.0 Å². The molecule has 0 bridgehead atoms. The highest BCUT2D eigenvalue weighted by atomic mass is 35.5. The van der Waals surface area contributed by atoms with E-state index in [4.69, 9.17) is 11.6 Å². The molecule has 0 atom stereocenters. The molecule has 2 aromatic carbocycles. The monoisotopic (exact) mass is 385 g/mol. The van der Waals surface area contributed by atoms with Gasteiger partial charge in [0.25, 0.3) is 11.8 Å². The van der Waals surface area contributed by atoms with Gasteiger partial charge in [0.05, 0.1) is 16.2 Å². The third-order valence-corrected chi connectivity index (χ3v) is 5.47. The largest absolute Gasteiger partial charge is 0.272 e. The minimum Gasteiger partial charge on any atom is -0.268 e. The summed E-state index contributed by atoms with van der Waals surface area (Å²) in [6.45, 7) is 6.08. The number of rotatable bonds is 5. The highest BCUT2D eigenvalue weighted by Gasteiger charge is 2.40. The van der Waals surface area contributed by atoms with Crippen molar-refractivity contribution in [3.63, 3.8) is 0 Å². The van der Waals surface area contributed by atoms with Crippen LogP contribution < -0.4 is 4.90 Å². The van der Waals surface area contributed by atoms with Crippen molar-refractivity contribution in [2.24, 2.45) is 0 Å². The van der Waals surface area contributed by atoms with Crippen molar-refractivity contribution in [1.29, 1.82) is 0 Å². The predicted octanol–water partition coefficient (Wildman–Crippen LogP) is 5.33. The molecule has 0 radical (unpaired) electrons. The molecule has 134 valence electrons. The number of nitrogens with zero attached hydrogens (tertiary/aromatic N) is 1. The van der Waals surface area contributed by atoms with Gasteiger partial charge in [0.1, 0.15) is 0 Å². The molecule has 0 aliphatic carbocycles. The second-order valence-electron chi connectivity index (χ2n) is 6.34. The predicted molar refractivity (Wildman–Crippen MR) is 109 cm³/mol. The Hall–Kier alpha value is -2.04. The molecule has 0 saturated carbocycles. The molecular weight excluding hydrogens is 366 g/mol. The standard InChI is InChI=1S/C21H20ClNO2S/c1-4-14-5-11-17(12-6-14)23-20(24)18(15-7-9-16(22)10-8-15)19(21(23)25)26-13(2)3/h5-13H,4H2,1-3H3. The van der Waals surface area contributed by atoms with Crippen LogP contribution in [0.1, 0.15) is 31.9 Å².